The lowest BCUT2D eigenvalue weighted by Gasteiger charge is -2.37. The fourth-order valence-electron chi connectivity index (χ4n) is 3.67. The highest BCUT2D eigenvalue weighted by Gasteiger charge is 2.25. The molecular weight excluding hydrogens is 314 g/mol. The largest absolute Gasteiger partial charge is 0.353 e. The van der Waals surface area contributed by atoms with E-state index in [0.29, 0.717) is 0 Å². The van der Waals surface area contributed by atoms with Crippen LogP contribution >= 0.6 is 0 Å². The Hall–Kier alpha value is -2.44. The average Bonchev–Trinajstić information content (AvgIpc) is 3.09. The molecule has 0 amide bonds. The molecule has 0 spiro atoms. The molecule has 2 aromatic rings. The van der Waals surface area contributed by atoms with Crippen LogP contribution in [0.15, 0.2) is 12.3 Å². The maximum absolute atomic E-state index is 4.77. The van der Waals surface area contributed by atoms with Crippen molar-refractivity contribution in [2.75, 3.05) is 55.0 Å². The summed E-state index contributed by atoms with van der Waals surface area (Å²) < 4.78 is 0. The molecule has 2 aliphatic rings. The smallest absolute Gasteiger partial charge is 0.226 e. The highest BCUT2D eigenvalue weighted by atomic mass is 15.3. The van der Waals surface area contributed by atoms with Gasteiger partial charge in [0.05, 0.1) is 0 Å². The van der Waals surface area contributed by atoms with Crippen LogP contribution in [0.4, 0.5) is 17.6 Å². The zero-order valence-electron chi connectivity index (χ0n) is 15.2. The second-order valence-corrected chi connectivity index (χ2v) is 6.96. The molecule has 1 saturated heterocycles. The summed E-state index contributed by atoms with van der Waals surface area (Å²) in [6, 6.07) is 2.00. The highest BCUT2D eigenvalue weighted by Crippen LogP contribution is 2.29. The first kappa shape index (κ1) is 16.1. The average molecular weight is 339 g/mol. The van der Waals surface area contributed by atoms with E-state index in [1.165, 1.54) is 17.7 Å². The van der Waals surface area contributed by atoms with Crippen molar-refractivity contribution in [2.45, 2.75) is 26.2 Å². The topological polar surface area (TPSA) is 61.3 Å². The van der Waals surface area contributed by atoms with E-state index < -0.39 is 0 Å². The molecule has 4 rings (SSSR count). The molecule has 1 fully saturated rings. The Labute approximate surface area is 148 Å². The van der Waals surface area contributed by atoms with Crippen molar-refractivity contribution in [1.29, 1.82) is 0 Å². The third kappa shape index (κ3) is 3.10. The predicted molar refractivity (Wildman–Crippen MR) is 99.6 cm³/mol. The normalized spacial score (nSPS) is 16.9. The van der Waals surface area contributed by atoms with Gasteiger partial charge in [-0.05, 0) is 32.3 Å². The molecular formula is C18H25N7. The fourth-order valence-corrected chi connectivity index (χ4v) is 3.67. The Morgan fingerprint density at radius 1 is 0.960 bits per heavy atom. The summed E-state index contributed by atoms with van der Waals surface area (Å²) in [5.74, 6) is 3.81. The van der Waals surface area contributed by atoms with Gasteiger partial charge in [0.25, 0.3) is 0 Å². The quantitative estimate of drug-likeness (QED) is 0.839. The molecule has 7 heteroatoms. The van der Waals surface area contributed by atoms with Crippen LogP contribution in [0, 0.1) is 6.92 Å². The second-order valence-electron chi connectivity index (χ2n) is 6.96. The molecule has 0 radical (unpaired) electrons. The SMILES string of the molecule is Cc1nc2c(c(N3CCN(c4ccnc(N(C)C)n4)CC3)n1)CCC2. The van der Waals surface area contributed by atoms with E-state index in [4.69, 9.17) is 4.98 Å². The van der Waals surface area contributed by atoms with Gasteiger partial charge in [0.15, 0.2) is 0 Å². The van der Waals surface area contributed by atoms with Gasteiger partial charge in [-0.1, -0.05) is 0 Å². The fraction of sp³-hybridized carbons (Fsp3) is 0.556. The Balaban J connectivity index is 1.50. The molecule has 25 heavy (non-hydrogen) atoms. The van der Waals surface area contributed by atoms with Crippen molar-refractivity contribution in [1.82, 2.24) is 19.9 Å². The zero-order valence-corrected chi connectivity index (χ0v) is 15.2. The van der Waals surface area contributed by atoms with Gasteiger partial charge >= 0.3 is 0 Å². The minimum Gasteiger partial charge on any atom is -0.353 e. The van der Waals surface area contributed by atoms with Crippen LogP contribution in [0.25, 0.3) is 0 Å². The molecule has 0 N–H and O–H groups in total. The van der Waals surface area contributed by atoms with Gasteiger partial charge in [-0.2, -0.15) is 4.98 Å². The molecule has 0 bridgehead atoms. The first-order chi connectivity index (χ1) is 12.1. The third-order valence-corrected chi connectivity index (χ3v) is 4.95. The number of aromatic nitrogens is 4. The van der Waals surface area contributed by atoms with Gasteiger partial charge in [-0.15, -0.1) is 0 Å². The summed E-state index contributed by atoms with van der Waals surface area (Å²) in [5.41, 5.74) is 2.63. The van der Waals surface area contributed by atoms with E-state index in [1.807, 2.05) is 38.2 Å². The number of piperazine rings is 1. The Bertz CT molecular complexity index is 766. The summed E-state index contributed by atoms with van der Waals surface area (Å²) >= 11 is 0. The Morgan fingerprint density at radius 2 is 1.72 bits per heavy atom. The second kappa shape index (κ2) is 6.46. The summed E-state index contributed by atoms with van der Waals surface area (Å²) in [6.07, 6.45) is 5.25. The van der Waals surface area contributed by atoms with Crippen LogP contribution in [-0.2, 0) is 12.8 Å². The van der Waals surface area contributed by atoms with E-state index in [2.05, 4.69) is 24.8 Å². The molecule has 1 aliphatic heterocycles. The summed E-state index contributed by atoms with van der Waals surface area (Å²) in [7, 11) is 3.93. The van der Waals surface area contributed by atoms with E-state index >= 15 is 0 Å². The Morgan fingerprint density at radius 3 is 2.48 bits per heavy atom. The molecule has 132 valence electrons. The van der Waals surface area contributed by atoms with Crippen molar-refractivity contribution in [3.63, 3.8) is 0 Å². The highest BCUT2D eigenvalue weighted by molar-refractivity contribution is 5.53. The monoisotopic (exact) mass is 339 g/mol. The molecule has 0 unspecified atom stereocenters. The molecule has 7 nitrogen and oxygen atoms in total. The lowest BCUT2D eigenvalue weighted by molar-refractivity contribution is 0.636. The maximum Gasteiger partial charge on any atom is 0.226 e. The van der Waals surface area contributed by atoms with Crippen LogP contribution in [-0.4, -0.2) is 60.2 Å². The van der Waals surface area contributed by atoms with Gasteiger partial charge in [0, 0.05) is 57.7 Å². The number of rotatable bonds is 3. The summed E-state index contributed by atoms with van der Waals surface area (Å²) in [6.45, 7) is 5.82. The van der Waals surface area contributed by atoms with E-state index in [0.717, 1.165) is 62.4 Å². The molecule has 0 saturated carbocycles. The number of hydrogen-bond donors (Lipinski definition) is 0. The van der Waals surface area contributed by atoms with E-state index in [-0.39, 0.29) is 0 Å². The lowest BCUT2D eigenvalue weighted by atomic mass is 10.2. The van der Waals surface area contributed by atoms with Crippen LogP contribution in [0.5, 0.6) is 0 Å². The molecule has 0 aromatic carbocycles. The van der Waals surface area contributed by atoms with Crippen LogP contribution in [0.2, 0.25) is 0 Å². The first-order valence-corrected chi connectivity index (χ1v) is 8.98. The number of aryl methyl sites for hydroxylation is 2. The van der Waals surface area contributed by atoms with Crippen molar-refractivity contribution < 1.29 is 0 Å². The van der Waals surface area contributed by atoms with Crippen LogP contribution in [0.1, 0.15) is 23.5 Å². The number of anilines is 3. The minimum atomic E-state index is 0.754. The summed E-state index contributed by atoms with van der Waals surface area (Å²) in [5, 5.41) is 0. The molecule has 2 aromatic heterocycles. The van der Waals surface area contributed by atoms with Gasteiger partial charge < -0.3 is 14.7 Å². The van der Waals surface area contributed by atoms with E-state index in [1.54, 1.807) is 0 Å². The van der Waals surface area contributed by atoms with Crippen molar-refractivity contribution in [3.05, 3.63) is 29.3 Å². The molecule has 1 aliphatic carbocycles. The first-order valence-electron chi connectivity index (χ1n) is 8.98. The molecule has 3 heterocycles. The van der Waals surface area contributed by atoms with Gasteiger partial charge in [0.2, 0.25) is 5.95 Å². The maximum atomic E-state index is 4.77. The zero-order chi connectivity index (χ0) is 17.4. The van der Waals surface area contributed by atoms with Crippen molar-refractivity contribution in [3.8, 4) is 0 Å². The lowest BCUT2D eigenvalue weighted by Crippen LogP contribution is -2.47. The molecule has 0 atom stereocenters. The van der Waals surface area contributed by atoms with Crippen LogP contribution < -0.4 is 14.7 Å². The number of nitrogens with zero attached hydrogens (tertiary/aromatic N) is 7. The number of hydrogen-bond acceptors (Lipinski definition) is 7. The summed E-state index contributed by atoms with van der Waals surface area (Å²) in [4.78, 5) is 25.1. The third-order valence-electron chi connectivity index (χ3n) is 4.95. The van der Waals surface area contributed by atoms with Gasteiger partial charge in [-0.25, -0.2) is 15.0 Å². The predicted octanol–water partition coefficient (Wildman–Crippen LogP) is 1.46. The number of fused-ring (bicyclic) bond motifs is 1. The minimum absolute atomic E-state index is 0.754. The van der Waals surface area contributed by atoms with Gasteiger partial charge in [-0.3, -0.25) is 0 Å². The van der Waals surface area contributed by atoms with Crippen molar-refractivity contribution in [2.24, 2.45) is 0 Å². The van der Waals surface area contributed by atoms with Gasteiger partial charge in [0.1, 0.15) is 17.5 Å². The Kier molecular flexibility index (Phi) is 4.15. The van der Waals surface area contributed by atoms with Crippen molar-refractivity contribution >= 4 is 17.6 Å². The van der Waals surface area contributed by atoms with E-state index in [9.17, 15) is 0 Å². The van der Waals surface area contributed by atoms with Crippen LogP contribution in [0.3, 0.4) is 0 Å². The standard InChI is InChI=1S/C18H25N7/c1-13-20-15-6-4-5-14(15)17(21-13)25-11-9-24(10-12-25)16-7-8-19-18(22-16)23(2)3/h7-8H,4-6,9-12H2,1-3H3.